The van der Waals surface area contributed by atoms with Crippen molar-refractivity contribution in [2.45, 2.75) is 71.9 Å². The predicted molar refractivity (Wildman–Crippen MR) is 123 cm³/mol. The lowest BCUT2D eigenvalue weighted by atomic mass is 9.87. The second kappa shape index (κ2) is 10.5. The van der Waals surface area contributed by atoms with Crippen LogP contribution in [0.25, 0.3) is 0 Å². The maximum Gasteiger partial charge on any atom is 0.261 e. The van der Waals surface area contributed by atoms with E-state index in [0.717, 1.165) is 23.5 Å². The number of ether oxygens (including phenoxy) is 2. The second-order valence-electron chi connectivity index (χ2n) is 9.25. The summed E-state index contributed by atoms with van der Waals surface area (Å²) in [6, 6.07) is 15.9. The molecular formula is C26H37NO3. The minimum Gasteiger partial charge on any atom is -0.497 e. The van der Waals surface area contributed by atoms with Crippen molar-refractivity contribution in [1.82, 2.24) is 5.32 Å². The van der Waals surface area contributed by atoms with Gasteiger partial charge in [0.15, 0.2) is 6.10 Å². The Hall–Kier alpha value is -2.49. The van der Waals surface area contributed by atoms with Crippen LogP contribution in [-0.4, -0.2) is 19.1 Å². The van der Waals surface area contributed by atoms with Gasteiger partial charge in [0.1, 0.15) is 11.5 Å². The van der Waals surface area contributed by atoms with Crippen LogP contribution in [-0.2, 0) is 10.2 Å². The molecule has 2 atom stereocenters. The summed E-state index contributed by atoms with van der Waals surface area (Å²) in [4.78, 5) is 13.0. The zero-order valence-corrected chi connectivity index (χ0v) is 19.5. The molecule has 0 heterocycles. The Labute approximate surface area is 182 Å². The molecule has 0 unspecified atom stereocenters. The molecule has 0 radical (unpaired) electrons. The molecule has 0 saturated carbocycles. The lowest BCUT2D eigenvalue weighted by Gasteiger charge is -2.25. The van der Waals surface area contributed by atoms with Crippen LogP contribution in [0.2, 0.25) is 0 Å². The number of methoxy groups -OCH3 is 1. The minimum atomic E-state index is -0.529. The van der Waals surface area contributed by atoms with Gasteiger partial charge in [-0.05, 0) is 59.6 Å². The van der Waals surface area contributed by atoms with Crippen molar-refractivity contribution in [3.8, 4) is 11.5 Å². The fraction of sp³-hybridized carbons (Fsp3) is 0.500. The summed E-state index contributed by atoms with van der Waals surface area (Å²) in [6.07, 6.45) is 0.928. The Morgan fingerprint density at radius 2 is 1.53 bits per heavy atom. The Bertz CT molecular complexity index is 789. The highest BCUT2D eigenvalue weighted by Gasteiger charge is 2.24. The molecule has 1 amide bonds. The van der Waals surface area contributed by atoms with Crippen molar-refractivity contribution in [3.63, 3.8) is 0 Å². The number of carbonyl (C=O) groups excluding carboxylic acids is 1. The quantitative estimate of drug-likeness (QED) is 0.546. The highest BCUT2D eigenvalue weighted by molar-refractivity contribution is 5.81. The van der Waals surface area contributed by atoms with Gasteiger partial charge in [-0.1, -0.05) is 65.8 Å². The van der Waals surface area contributed by atoms with E-state index in [2.05, 4.69) is 52.1 Å². The van der Waals surface area contributed by atoms with E-state index >= 15 is 0 Å². The molecule has 4 heteroatoms. The lowest BCUT2D eigenvalue weighted by molar-refractivity contribution is -0.129. The van der Waals surface area contributed by atoms with E-state index in [0.29, 0.717) is 12.3 Å². The Balaban J connectivity index is 2.11. The van der Waals surface area contributed by atoms with Gasteiger partial charge < -0.3 is 14.8 Å². The van der Waals surface area contributed by atoms with Gasteiger partial charge in [-0.15, -0.1) is 0 Å². The lowest BCUT2D eigenvalue weighted by Crippen LogP contribution is -2.40. The van der Waals surface area contributed by atoms with Crippen LogP contribution < -0.4 is 14.8 Å². The first-order valence-corrected chi connectivity index (χ1v) is 10.9. The number of carbonyl (C=O) groups is 1. The number of benzene rings is 2. The summed E-state index contributed by atoms with van der Waals surface area (Å²) in [5.74, 6) is 1.89. The van der Waals surface area contributed by atoms with E-state index in [-0.39, 0.29) is 17.4 Å². The van der Waals surface area contributed by atoms with E-state index in [1.54, 1.807) is 7.11 Å². The first-order chi connectivity index (χ1) is 14.1. The molecule has 164 valence electrons. The summed E-state index contributed by atoms with van der Waals surface area (Å²) in [7, 11) is 1.65. The van der Waals surface area contributed by atoms with Crippen molar-refractivity contribution in [3.05, 3.63) is 59.7 Å². The molecule has 1 N–H and O–H groups in total. The average molecular weight is 412 g/mol. The molecule has 4 nitrogen and oxygen atoms in total. The highest BCUT2D eigenvalue weighted by Crippen LogP contribution is 2.26. The summed E-state index contributed by atoms with van der Waals surface area (Å²) in [5.41, 5.74) is 2.40. The van der Waals surface area contributed by atoms with Gasteiger partial charge in [-0.2, -0.15) is 0 Å². The maximum atomic E-state index is 13.0. The third-order valence-corrected chi connectivity index (χ3v) is 5.20. The molecule has 0 saturated heterocycles. The van der Waals surface area contributed by atoms with Crippen LogP contribution in [0.4, 0.5) is 0 Å². The van der Waals surface area contributed by atoms with E-state index < -0.39 is 6.10 Å². The molecule has 0 aromatic heterocycles. The number of hydrogen-bond donors (Lipinski definition) is 1. The van der Waals surface area contributed by atoms with E-state index in [4.69, 9.17) is 9.47 Å². The van der Waals surface area contributed by atoms with Crippen LogP contribution >= 0.6 is 0 Å². The second-order valence-corrected chi connectivity index (χ2v) is 9.25. The zero-order chi connectivity index (χ0) is 22.3. The van der Waals surface area contributed by atoms with Crippen molar-refractivity contribution >= 4 is 5.91 Å². The van der Waals surface area contributed by atoms with Crippen LogP contribution in [0.3, 0.4) is 0 Å². The number of hydrogen-bond acceptors (Lipinski definition) is 3. The minimum absolute atomic E-state index is 0.0654. The first kappa shape index (κ1) is 23.8. The monoisotopic (exact) mass is 411 g/mol. The Morgan fingerprint density at radius 3 is 2.00 bits per heavy atom. The molecule has 2 rings (SSSR count). The van der Waals surface area contributed by atoms with E-state index in [1.807, 2.05) is 43.3 Å². The van der Waals surface area contributed by atoms with Crippen molar-refractivity contribution in [1.29, 1.82) is 0 Å². The number of nitrogens with one attached hydrogen (secondary N) is 1. The van der Waals surface area contributed by atoms with Crippen LogP contribution in [0.5, 0.6) is 11.5 Å². The van der Waals surface area contributed by atoms with Gasteiger partial charge in [-0.25, -0.2) is 0 Å². The summed E-state index contributed by atoms with van der Waals surface area (Å²) in [5, 5.41) is 3.20. The normalized spacial score (nSPS) is 13.6. The van der Waals surface area contributed by atoms with Crippen molar-refractivity contribution in [2.75, 3.05) is 7.11 Å². The van der Waals surface area contributed by atoms with Gasteiger partial charge in [0.2, 0.25) is 0 Å². The predicted octanol–water partition coefficient (Wildman–Crippen LogP) is 6.05. The molecule has 2 aromatic rings. The maximum absolute atomic E-state index is 13.0. The molecule has 0 aliphatic heterocycles. The number of rotatable bonds is 9. The molecule has 0 bridgehead atoms. The standard InChI is InChI=1S/C26H37NO3/c1-8-24(30-22-15-11-20(12-16-22)26(4,5)6)25(28)27-23(17-18(2)3)19-9-13-21(29-7)14-10-19/h9-16,18,23-24H,8,17H2,1-7H3,(H,27,28)/t23-,24+/m1/s1. The van der Waals surface area contributed by atoms with Gasteiger partial charge >= 0.3 is 0 Å². The molecular weight excluding hydrogens is 374 g/mol. The van der Waals surface area contributed by atoms with Gasteiger partial charge in [0.05, 0.1) is 13.2 Å². The molecule has 0 aliphatic rings. The third-order valence-electron chi connectivity index (χ3n) is 5.20. The molecule has 0 fully saturated rings. The summed E-state index contributed by atoms with van der Waals surface area (Å²) < 4.78 is 11.3. The fourth-order valence-electron chi connectivity index (χ4n) is 3.37. The molecule has 0 spiro atoms. The smallest absolute Gasteiger partial charge is 0.261 e. The summed E-state index contributed by atoms with van der Waals surface area (Å²) in [6.45, 7) is 12.8. The molecule has 30 heavy (non-hydrogen) atoms. The van der Waals surface area contributed by atoms with Gasteiger partial charge in [0, 0.05) is 0 Å². The van der Waals surface area contributed by atoms with Crippen LogP contribution in [0.1, 0.15) is 71.6 Å². The third kappa shape index (κ3) is 6.79. The van der Waals surface area contributed by atoms with Crippen LogP contribution in [0.15, 0.2) is 48.5 Å². The number of amides is 1. The first-order valence-electron chi connectivity index (χ1n) is 10.9. The highest BCUT2D eigenvalue weighted by atomic mass is 16.5. The zero-order valence-electron chi connectivity index (χ0n) is 19.5. The van der Waals surface area contributed by atoms with Crippen LogP contribution in [0, 0.1) is 5.92 Å². The summed E-state index contributed by atoms with van der Waals surface area (Å²) >= 11 is 0. The van der Waals surface area contributed by atoms with Crippen molar-refractivity contribution in [2.24, 2.45) is 5.92 Å². The Kier molecular flexibility index (Phi) is 8.33. The topological polar surface area (TPSA) is 47.6 Å². The fourth-order valence-corrected chi connectivity index (χ4v) is 3.37. The molecule has 2 aromatic carbocycles. The van der Waals surface area contributed by atoms with Crippen molar-refractivity contribution < 1.29 is 14.3 Å². The van der Waals surface area contributed by atoms with Gasteiger partial charge in [-0.3, -0.25) is 4.79 Å². The SMILES string of the molecule is CC[C@H](Oc1ccc(C(C)(C)C)cc1)C(=O)N[C@H](CC(C)C)c1ccc(OC)cc1. The Morgan fingerprint density at radius 1 is 0.967 bits per heavy atom. The largest absolute Gasteiger partial charge is 0.497 e. The van der Waals surface area contributed by atoms with E-state index in [9.17, 15) is 4.79 Å². The van der Waals surface area contributed by atoms with Gasteiger partial charge in [0.25, 0.3) is 5.91 Å². The molecule has 0 aliphatic carbocycles. The van der Waals surface area contributed by atoms with E-state index in [1.165, 1.54) is 5.56 Å². The average Bonchev–Trinajstić information content (AvgIpc) is 2.70.